The molecule has 0 aliphatic rings. The minimum absolute atomic E-state index is 0.0801. The maximum atomic E-state index is 13.5. The molecule has 0 aliphatic heterocycles. The lowest BCUT2D eigenvalue weighted by molar-refractivity contribution is -0.139. The smallest absolute Gasteiger partial charge is 0.309 e. The Labute approximate surface area is 210 Å². The average molecular weight is 515 g/mol. The van der Waals surface area contributed by atoms with E-state index < -0.39 is 22.5 Å². The topological polar surface area (TPSA) is 92.8 Å². The molecule has 0 fully saturated rings. The number of carbonyl (C=O) groups excluding carboxylic acids is 2. The largest absolute Gasteiger partial charge is 0.469 e. The molecule has 9 heteroatoms. The first-order valence-electron chi connectivity index (χ1n) is 10.9. The molecule has 0 spiro atoms. The maximum absolute atomic E-state index is 13.5. The van der Waals surface area contributed by atoms with Crippen LogP contribution in [0.15, 0.2) is 71.6 Å². The van der Waals surface area contributed by atoms with Gasteiger partial charge in [0, 0.05) is 11.6 Å². The Bertz CT molecular complexity index is 1310. The van der Waals surface area contributed by atoms with Crippen LogP contribution >= 0.6 is 11.6 Å². The minimum Gasteiger partial charge on any atom is -0.469 e. The molecule has 1 N–H and O–H groups in total. The fourth-order valence-corrected chi connectivity index (χ4v) is 5.05. The average Bonchev–Trinajstić information content (AvgIpc) is 2.84. The highest BCUT2D eigenvalue weighted by atomic mass is 35.5. The summed E-state index contributed by atoms with van der Waals surface area (Å²) in [4.78, 5) is 24.4. The number of benzene rings is 3. The fraction of sp³-hybridized carbons (Fsp3) is 0.231. The summed E-state index contributed by atoms with van der Waals surface area (Å²) >= 11 is 6.26. The quantitative estimate of drug-likeness (QED) is 0.432. The van der Waals surface area contributed by atoms with E-state index in [0.717, 1.165) is 21.0 Å². The lowest BCUT2D eigenvalue weighted by atomic mass is 10.1. The van der Waals surface area contributed by atoms with Crippen molar-refractivity contribution in [2.24, 2.45) is 0 Å². The van der Waals surface area contributed by atoms with Crippen molar-refractivity contribution in [3.05, 3.63) is 94.0 Å². The van der Waals surface area contributed by atoms with Crippen LogP contribution in [0.2, 0.25) is 5.02 Å². The van der Waals surface area contributed by atoms with E-state index in [2.05, 4.69) is 10.1 Å². The predicted molar refractivity (Wildman–Crippen MR) is 136 cm³/mol. The van der Waals surface area contributed by atoms with E-state index in [1.165, 1.54) is 19.2 Å². The van der Waals surface area contributed by atoms with Crippen molar-refractivity contribution < 1.29 is 22.7 Å². The molecule has 0 bridgehead atoms. The second kappa shape index (κ2) is 11.4. The highest BCUT2D eigenvalue weighted by Crippen LogP contribution is 2.30. The molecule has 0 saturated heterocycles. The van der Waals surface area contributed by atoms with Crippen molar-refractivity contribution in [1.82, 2.24) is 5.32 Å². The van der Waals surface area contributed by atoms with Gasteiger partial charge in [0.25, 0.3) is 10.0 Å². The molecule has 3 rings (SSSR count). The number of carbonyl (C=O) groups is 2. The standard InChI is InChI=1S/C26H27ClN2O5S/c1-18-7-13-22(14-8-18)35(32,33)29(24-6-4-5-23(27)19(24)2)17-25(30)28-16-21-11-9-20(10-12-21)15-26(31)34-3/h4-14H,15-17H2,1-3H3,(H,28,30). The highest BCUT2D eigenvalue weighted by molar-refractivity contribution is 7.92. The lowest BCUT2D eigenvalue weighted by Gasteiger charge is -2.26. The molecule has 35 heavy (non-hydrogen) atoms. The van der Waals surface area contributed by atoms with E-state index in [-0.39, 0.29) is 23.8 Å². The maximum Gasteiger partial charge on any atom is 0.309 e. The molecule has 184 valence electrons. The van der Waals surface area contributed by atoms with E-state index in [4.69, 9.17) is 11.6 Å². The summed E-state index contributed by atoms with van der Waals surface area (Å²) in [6.45, 7) is 3.36. The lowest BCUT2D eigenvalue weighted by Crippen LogP contribution is -2.41. The summed E-state index contributed by atoms with van der Waals surface area (Å²) in [6, 6.07) is 18.5. The molecule has 0 unspecified atom stereocenters. The summed E-state index contributed by atoms with van der Waals surface area (Å²) < 4.78 is 32.8. The van der Waals surface area contributed by atoms with Crippen LogP contribution < -0.4 is 9.62 Å². The molecular formula is C26H27ClN2O5S. The number of methoxy groups -OCH3 is 1. The van der Waals surface area contributed by atoms with Gasteiger partial charge in [-0.3, -0.25) is 13.9 Å². The molecular weight excluding hydrogens is 488 g/mol. The SMILES string of the molecule is COC(=O)Cc1ccc(CNC(=O)CN(c2cccc(Cl)c2C)S(=O)(=O)c2ccc(C)cc2)cc1. The third kappa shape index (κ3) is 6.61. The monoisotopic (exact) mass is 514 g/mol. The first-order valence-corrected chi connectivity index (χ1v) is 12.7. The van der Waals surface area contributed by atoms with Gasteiger partial charge in [0.2, 0.25) is 5.91 Å². The van der Waals surface area contributed by atoms with Crippen LogP contribution in [0, 0.1) is 13.8 Å². The Hall–Kier alpha value is -3.36. The van der Waals surface area contributed by atoms with Gasteiger partial charge in [-0.05, 0) is 54.8 Å². The van der Waals surface area contributed by atoms with Gasteiger partial charge in [0.05, 0.1) is 24.1 Å². The Morgan fingerprint density at radius 3 is 2.20 bits per heavy atom. The molecule has 0 aliphatic carbocycles. The molecule has 0 aromatic heterocycles. The van der Waals surface area contributed by atoms with Crippen LogP contribution in [0.1, 0.15) is 22.3 Å². The number of nitrogens with zero attached hydrogens (tertiary/aromatic N) is 1. The van der Waals surface area contributed by atoms with Crippen LogP contribution in [0.4, 0.5) is 5.69 Å². The van der Waals surface area contributed by atoms with Gasteiger partial charge >= 0.3 is 5.97 Å². The number of hydrogen-bond acceptors (Lipinski definition) is 5. The number of esters is 1. The summed E-state index contributed by atoms with van der Waals surface area (Å²) in [5.41, 5.74) is 3.40. The Kier molecular flexibility index (Phi) is 8.53. The summed E-state index contributed by atoms with van der Waals surface area (Å²) in [5.74, 6) is -0.809. The molecule has 3 aromatic carbocycles. The number of rotatable bonds is 9. The Morgan fingerprint density at radius 2 is 1.57 bits per heavy atom. The normalized spacial score (nSPS) is 11.1. The van der Waals surface area contributed by atoms with E-state index in [1.54, 1.807) is 61.5 Å². The zero-order valence-electron chi connectivity index (χ0n) is 19.7. The van der Waals surface area contributed by atoms with Gasteiger partial charge in [-0.15, -0.1) is 0 Å². The first-order chi connectivity index (χ1) is 16.6. The van der Waals surface area contributed by atoms with Gasteiger partial charge in [-0.1, -0.05) is 59.6 Å². The third-order valence-electron chi connectivity index (χ3n) is 5.49. The zero-order chi connectivity index (χ0) is 25.6. The molecule has 3 aromatic rings. The van der Waals surface area contributed by atoms with Gasteiger partial charge in [0.1, 0.15) is 6.54 Å². The number of aryl methyl sites for hydroxylation is 1. The molecule has 0 saturated carbocycles. The zero-order valence-corrected chi connectivity index (χ0v) is 21.3. The second-order valence-electron chi connectivity index (χ2n) is 8.05. The predicted octanol–water partition coefficient (Wildman–Crippen LogP) is 4.18. The molecule has 7 nitrogen and oxygen atoms in total. The molecule has 0 radical (unpaired) electrons. The molecule has 1 amide bonds. The first kappa shape index (κ1) is 26.2. The van der Waals surface area contributed by atoms with E-state index in [1.807, 2.05) is 6.92 Å². The number of hydrogen-bond donors (Lipinski definition) is 1. The minimum atomic E-state index is -4.04. The molecule has 0 atom stereocenters. The van der Waals surface area contributed by atoms with Crippen molar-refractivity contribution in [2.75, 3.05) is 18.0 Å². The Morgan fingerprint density at radius 1 is 0.943 bits per heavy atom. The molecule has 0 heterocycles. The van der Waals surface area contributed by atoms with E-state index in [0.29, 0.717) is 16.3 Å². The number of anilines is 1. The number of amides is 1. The van der Waals surface area contributed by atoms with Crippen LogP contribution in [0.25, 0.3) is 0 Å². The van der Waals surface area contributed by atoms with E-state index in [9.17, 15) is 18.0 Å². The third-order valence-corrected chi connectivity index (χ3v) is 7.68. The summed E-state index contributed by atoms with van der Waals surface area (Å²) in [6.07, 6.45) is 0.161. The summed E-state index contributed by atoms with van der Waals surface area (Å²) in [5, 5.41) is 3.17. The Balaban J connectivity index is 1.80. The van der Waals surface area contributed by atoms with Crippen LogP contribution in [0.3, 0.4) is 0 Å². The van der Waals surface area contributed by atoms with E-state index >= 15 is 0 Å². The number of sulfonamides is 1. The van der Waals surface area contributed by atoms with Crippen molar-refractivity contribution in [3.8, 4) is 0 Å². The van der Waals surface area contributed by atoms with Crippen LogP contribution in [-0.4, -0.2) is 33.9 Å². The van der Waals surface area contributed by atoms with Crippen molar-refractivity contribution in [3.63, 3.8) is 0 Å². The number of halogens is 1. The van der Waals surface area contributed by atoms with Crippen LogP contribution in [0.5, 0.6) is 0 Å². The van der Waals surface area contributed by atoms with Gasteiger partial charge in [0.15, 0.2) is 0 Å². The highest BCUT2D eigenvalue weighted by Gasteiger charge is 2.28. The van der Waals surface area contributed by atoms with Crippen LogP contribution in [-0.2, 0) is 37.3 Å². The fourth-order valence-electron chi connectivity index (χ4n) is 3.40. The summed E-state index contributed by atoms with van der Waals surface area (Å²) in [7, 11) is -2.71. The second-order valence-corrected chi connectivity index (χ2v) is 10.3. The van der Waals surface area contributed by atoms with Gasteiger partial charge in [-0.2, -0.15) is 0 Å². The number of nitrogens with one attached hydrogen (secondary N) is 1. The van der Waals surface area contributed by atoms with Crippen molar-refractivity contribution in [1.29, 1.82) is 0 Å². The van der Waals surface area contributed by atoms with Gasteiger partial charge in [-0.25, -0.2) is 8.42 Å². The van der Waals surface area contributed by atoms with Gasteiger partial charge < -0.3 is 10.1 Å². The van der Waals surface area contributed by atoms with Crippen molar-refractivity contribution in [2.45, 2.75) is 31.7 Å². The number of ether oxygens (including phenoxy) is 1. The van der Waals surface area contributed by atoms with Crippen molar-refractivity contribution >= 4 is 39.2 Å².